The van der Waals surface area contributed by atoms with Crippen LogP contribution in [0.15, 0.2) is 0 Å². The van der Waals surface area contributed by atoms with Gasteiger partial charge in [-0.05, 0) is 44.9 Å². The lowest BCUT2D eigenvalue weighted by atomic mass is 9.72. The van der Waals surface area contributed by atoms with Crippen LogP contribution in [0.2, 0.25) is 0 Å². The summed E-state index contributed by atoms with van der Waals surface area (Å²) in [5, 5.41) is 0. The van der Waals surface area contributed by atoms with Gasteiger partial charge >= 0.3 is 0 Å². The van der Waals surface area contributed by atoms with Crippen molar-refractivity contribution in [1.29, 1.82) is 0 Å². The van der Waals surface area contributed by atoms with Crippen molar-refractivity contribution in [2.24, 2.45) is 5.73 Å². The normalized spacial score (nSPS) is 30.0. The fraction of sp³-hybridized carbons (Fsp3) is 0.750. The predicted molar refractivity (Wildman–Crippen MR) is 81.2 cm³/mol. The Morgan fingerprint density at radius 2 is 1.76 bits per heavy atom. The molecule has 4 N–H and O–H groups in total. The summed E-state index contributed by atoms with van der Waals surface area (Å²) in [5.41, 5.74) is 14.5. The number of anilines is 1. The average Bonchev–Trinajstić information content (AvgIpc) is 2.88. The van der Waals surface area contributed by atoms with Crippen LogP contribution in [-0.4, -0.2) is 22.1 Å². The van der Waals surface area contributed by atoms with Gasteiger partial charge in [-0.25, -0.2) is 4.98 Å². The van der Waals surface area contributed by atoms with Crippen molar-refractivity contribution in [1.82, 2.24) is 9.97 Å². The number of nitrogen functional groups attached to an aromatic ring is 1. The highest BCUT2D eigenvalue weighted by Gasteiger charge is 2.42. The number of aromatic nitrogens is 2. The second kappa shape index (κ2) is 4.83. The summed E-state index contributed by atoms with van der Waals surface area (Å²) in [6.07, 6.45) is 10.6. The molecule has 0 amide bonds. The molecule has 0 saturated heterocycles. The van der Waals surface area contributed by atoms with Gasteiger partial charge in [-0.2, -0.15) is 4.98 Å². The summed E-state index contributed by atoms with van der Waals surface area (Å²) in [6, 6.07) is 0.284. The van der Waals surface area contributed by atoms with Crippen LogP contribution in [0, 0.1) is 0 Å². The third-order valence-corrected chi connectivity index (χ3v) is 5.54. The van der Waals surface area contributed by atoms with Gasteiger partial charge in [0.2, 0.25) is 11.8 Å². The monoisotopic (exact) mass is 288 g/mol. The van der Waals surface area contributed by atoms with Crippen molar-refractivity contribution in [3.63, 3.8) is 0 Å². The van der Waals surface area contributed by atoms with E-state index in [0.717, 1.165) is 25.1 Å². The molecule has 114 valence electrons. The molecule has 1 heterocycles. The highest BCUT2D eigenvalue weighted by molar-refractivity contribution is 5.42. The first-order chi connectivity index (χ1) is 10.2. The van der Waals surface area contributed by atoms with Gasteiger partial charge in [-0.3, -0.25) is 0 Å². The fourth-order valence-electron chi connectivity index (χ4n) is 4.36. The number of hydrogen-bond donors (Lipinski definition) is 2. The van der Waals surface area contributed by atoms with Crippen LogP contribution >= 0.6 is 0 Å². The van der Waals surface area contributed by atoms with Gasteiger partial charge in [-0.15, -0.1) is 0 Å². The minimum Gasteiger partial charge on any atom is -0.474 e. The topological polar surface area (TPSA) is 87.0 Å². The average molecular weight is 288 g/mol. The maximum absolute atomic E-state index is 6.09. The molecule has 3 aliphatic rings. The summed E-state index contributed by atoms with van der Waals surface area (Å²) >= 11 is 0. The van der Waals surface area contributed by atoms with E-state index in [1.54, 1.807) is 0 Å². The number of fused-ring (bicyclic) bond motifs is 2. The maximum atomic E-state index is 6.09. The van der Waals surface area contributed by atoms with Crippen LogP contribution in [0.1, 0.15) is 62.6 Å². The molecule has 0 aromatic carbocycles. The molecule has 3 aliphatic carbocycles. The number of nitrogens with zero attached hydrogens (tertiary/aromatic N) is 2. The van der Waals surface area contributed by atoms with Crippen molar-refractivity contribution in [3.8, 4) is 5.88 Å². The number of rotatable bonds is 2. The summed E-state index contributed by atoms with van der Waals surface area (Å²) < 4.78 is 6.09. The van der Waals surface area contributed by atoms with Crippen molar-refractivity contribution in [2.45, 2.75) is 75.3 Å². The first kappa shape index (κ1) is 13.3. The lowest BCUT2D eigenvalue weighted by Crippen LogP contribution is -2.43. The Morgan fingerprint density at radius 1 is 1.05 bits per heavy atom. The molecule has 1 aromatic rings. The van der Waals surface area contributed by atoms with Gasteiger partial charge in [0.15, 0.2) is 0 Å². The highest BCUT2D eigenvalue weighted by Crippen LogP contribution is 2.49. The first-order valence-electron chi connectivity index (χ1n) is 8.25. The summed E-state index contributed by atoms with van der Waals surface area (Å²) in [5.74, 6) is 1.10. The van der Waals surface area contributed by atoms with Crippen LogP contribution in [0.3, 0.4) is 0 Å². The van der Waals surface area contributed by atoms with Crippen molar-refractivity contribution in [2.75, 3.05) is 5.73 Å². The molecular formula is C16H24N4O. The quantitative estimate of drug-likeness (QED) is 0.870. The van der Waals surface area contributed by atoms with E-state index in [0.29, 0.717) is 5.95 Å². The van der Waals surface area contributed by atoms with E-state index in [4.69, 9.17) is 16.2 Å². The van der Waals surface area contributed by atoms with Crippen molar-refractivity contribution in [3.05, 3.63) is 11.3 Å². The van der Waals surface area contributed by atoms with Crippen LogP contribution < -0.4 is 16.2 Å². The van der Waals surface area contributed by atoms with Gasteiger partial charge < -0.3 is 16.2 Å². The second-order valence-corrected chi connectivity index (χ2v) is 7.03. The van der Waals surface area contributed by atoms with E-state index in [-0.39, 0.29) is 17.6 Å². The molecule has 5 heteroatoms. The summed E-state index contributed by atoms with van der Waals surface area (Å²) in [6.45, 7) is 0. The van der Waals surface area contributed by atoms with E-state index in [9.17, 15) is 0 Å². The van der Waals surface area contributed by atoms with E-state index in [2.05, 4.69) is 9.97 Å². The maximum Gasteiger partial charge on any atom is 0.223 e. The number of hydrogen-bond acceptors (Lipinski definition) is 5. The molecule has 0 aliphatic heterocycles. The first-order valence-corrected chi connectivity index (χ1v) is 8.25. The zero-order valence-corrected chi connectivity index (χ0v) is 12.5. The lowest BCUT2D eigenvalue weighted by molar-refractivity contribution is 0.0937. The molecule has 0 bridgehead atoms. The van der Waals surface area contributed by atoms with Crippen molar-refractivity contribution >= 4 is 5.95 Å². The standard InChI is InChI=1S/C16H24N4O/c17-10-8-11(9-10)21-14-12-4-3-7-16(5-1-2-6-16)13(12)19-15(18)20-14/h10-11H,1-9,17H2,(H2,18,19,20)/t10-,11+. The largest absolute Gasteiger partial charge is 0.474 e. The van der Waals surface area contributed by atoms with Gasteiger partial charge in [0.1, 0.15) is 6.10 Å². The fourth-order valence-corrected chi connectivity index (χ4v) is 4.36. The predicted octanol–water partition coefficient (Wildman–Crippen LogP) is 2.08. The molecule has 1 aromatic heterocycles. The number of ether oxygens (including phenoxy) is 1. The smallest absolute Gasteiger partial charge is 0.223 e. The SMILES string of the molecule is Nc1nc(O[C@H]2C[C@@H](N)C2)c2c(n1)C1(CCCC1)CCC2. The van der Waals surface area contributed by atoms with Crippen LogP contribution in [0.5, 0.6) is 5.88 Å². The Kier molecular flexibility index (Phi) is 3.06. The van der Waals surface area contributed by atoms with E-state index in [1.165, 1.54) is 49.8 Å². The molecule has 0 atom stereocenters. The zero-order chi connectivity index (χ0) is 14.4. The zero-order valence-electron chi connectivity index (χ0n) is 12.5. The van der Waals surface area contributed by atoms with Gasteiger partial charge in [0.25, 0.3) is 0 Å². The molecule has 0 unspecified atom stereocenters. The molecule has 2 saturated carbocycles. The van der Waals surface area contributed by atoms with Crippen molar-refractivity contribution < 1.29 is 4.74 Å². The minimum absolute atomic E-state index is 0.208. The third-order valence-electron chi connectivity index (χ3n) is 5.54. The molecular weight excluding hydrogens is 264 g/mol. The van der Waals surface area contributed by atoms with Gasteiger partial charge in [0, 0.05) is 17.0 Å². The molecule has 4 rings (SSSR count). The Hall–Kier alpha value is -1.36. The second-order valence-electron chi connectivity index (χ2n) is 7.03. The third kappa shape index (κ3) is 2.18. The number of nitrogens with two attached hydrogens (primary N) is 2. The van der Waals surface area contributed by atoms with Crippen LogP contribution in [0.4, 0.5) is 5.95 Å². The molecule has 1 spiro atoms. The van der Waals surface area contributed by atoms with Crippen LogP contribution in [-0.2, 0) is 11.8 Å². The van der Waals surface area contributed by atoms with Gasteiger partial charge in [-0.1, -0.05) is 12.8 Å². The Labute approximate surface area is 125 Å². The Morgan fingerprint density at radius 3 is 2.48 bits per heavy atom. The molecule has 0 radical (unpaired) electrons. The van der Waals surface area contributed by atoms with Gasteiger partial charge in [0.05, 0.1) is 5.69 Å². The Balaban J connectivity index is 1.70. The van der Waals surface area contributed by atoms with E-state index >= 15 is 0 Å². The Bertz CT molecular complexity index is 547. The molecule has 5 nitrogen and oxygen atoms in total. The lowest BCUT2D eigenvalue weighted by Gasteiger charge is -2.37. The molecule has 21 heavy (non-hydrogen) atoms. The van der Waals surface area contributed by atoms with E-state index < -0.39 is 0 Å². The summed E-state index contributed by atoms with van der Waals surface area (Å²) in [7, 11) is 0. The van der Waals surface area contributed by atoms with E-state index in [1.807, 2.05) is 0 Å². The minimum atomic E-state index is 0.208. The van der Waals surface area contributed by atoms with Crippen LogP contribution in [0.25, 0.3) is 0 Å². The molecule has 2 fully saturated rings. The highest BCUT2D eigenvalue weighted by atomic mass is 16.5. The summed E-state index contributed by atoms with van der Waals surface area (Å²) in [4.78, 5) is 9.03.